The maximum atomic E-state index is 6.14. The minimum atomic E-state index is 0.139. The third kappa shape index (κ3) is 3.53. The summed E-state index contributed by atoms with van der Waals surface area (Å²) in [5.74, 6) is 0.139. The summed E-state index contributed by atoms with van der Waals surface area (Å²) in [6.07, 6.45) is 3.71. The summed E-state index contributed by atoms with van der Waals surface area (Å²) in [5, 5.41) is 1.00. The van der Waals surface area contributed by atoms with Gasteiger partial charge in [0.15, 0.2) is 0 Å². The van der Waals surface area contributed by atoms with Crippen molar-refractivity contribution in [3.63, 3.8) is 0 Å². The van der Waals surface area contributed by atoms with Gasteiger partial charge in [-0.05, 0) is 25.0 Å². The average molecular weight is 429 g/mol. The molecule has 2 N–H and O–H groups in total. The molecule has 0 bridgehead atoms. The van der Waals surface area contributed by atoms with Gasteiger partial charge >= 0.3 is 0 Å². The van der Waals surface area contributed by atoms with E-state index in [1.165, 1.54) is 0 Å². The molecule has 0 aliphatic heterocycles. The Kier molecular flexibility index (Phi) is 6.11. The van der Waals surface area contributed by atoms with Crippen LogP contribution in [0.25, 0.3) is 11.0 Å². The van der Waals surface area contributed by atoms with Crippen molar-refractivity contribution in [3.8, 4) is 0 Å². The van der Waals surface area contributed by atoms with Gasteiger partial charge in [-0.2, -0.15) is 4.98 Å². The summed E-state index contributed by atoms with van der Waals surface area (Å²) in [7, 11) is 0. The molecule has 3 rings (SSSR count). The van der Waals surface area contributed by atoms with Crippen LogP contribution in [0.2, 0.25) is 5.15 Å². The van der Waals surface area contributed by atoms with Gasteiger partial charge in [-0.3, -0.25) is 4.98 Å². The molecule has 0 radical (unpaired) electrons. The quantitative estimate of drug-likeness (QED) is 0.454. The molecule has 0 fully saturated rings. The second-order valence-electron chi connectivity index (χ2n) is 5.04. The van der Waals surface area contributed by atoms with Crippen LogP contribution in [0.4, 0.5) is 5.95 Å². The molecule has 3 heterocycles. The maximum Gasteiger partial charge on any atom is 0.223 e. The fraction of sp³-hybridized carbons (Fsp3) is 0.312. The molecule has 128 valence electrons. The Bertz CT molecular complexity index is 894. The van der Waals surface area contributed by atoms with Crippen LogP contribution in [-0.2, 0) is 6.54 Å². The third-order valence-corrected chi connectivity index (χ3v) is 5.34. The van der Waals surface area contributed by atoms with Gasteiger partial charge in [0.25, 0.3) is 0 Å². The molecule has 3 aromatic rings. The monoisotopic (exact) mass is 427 g/mol. The highest BCUT2D eigenvalue weighted by molar-refractivity contribution is 9.10. The van der Waals surface area contributed by atoms with Crippen LogP contribution in [0.1, 0.15) is 30.7 Å². The van der Waals surface area contributed by atoms with E-state index in [9.17, 15) is 0 Å². The van der Waals surface area contributed by atoms with Crippen molar-refractivity contribution in [2.75, 3.05) is 5.73 Å². The molecule has 0 saturated heterocycles. The zero-order valence-electron chi connectivity index (χ0n) is 13.9. The van der Waals surface area contributed by atoms with E-state index in [0.29, 0.717) is 27.6 Å². The molecule has 0 unspecified atom stereocenters. The van der Waals surface area contributed by atoms with Crippen LogP contribution in [-0.4, -0.2) is 19.5 Å². The number of anilines is 1. The number of hydrogen-bond donors (Lipinski definition) is 2. The van der Waals surface area contributed by atoms with Gasteiger partial charge in [-0.15, -0.1) is 12.6 Å². The normalized spacial score (nSPS) is 10.6. The van der Waals surface area contributed by atoms with E-state index in [1.54, 1.807) is 0 Å². The van der Waals surface area contributed by atoms with E-state index in [4.69, 9.17) is 17.3 Å². The van der Waals surface area contributed by atoms with E-state index in [2.05, 4.69) is 43.5 Å². The van der Waals surface area contributed by atoms with Crippen molar-refractivity contribution in [1.29, 1.82) is 0 Å². The van der Waals surface area contributed by atoms with Crippen LogP contribution in [0, 0.1) is 13.8 Å². The second-order valence-corrected chi connectivity index (χ2v) is 6.67. The summed E-state index contributed by atoms with van der Waals surface area (Å²) < 4.78 is 2.99. The van der Waals surface area contributed by atoms with Crippen LogP contribution in [0.3, 0.4) is 0 Å². The molecular weight excluding hydrogens is 410 g/mol. The molecule has 0 saturated carbocycles. The van der Waals surface area contributed by atoms with Gasteiger partial charge in [-0.25, -0.2) is 4.98 Å². The van der Waals surface area contributed by atoms with Gasteiger partial charge in [0.05, 0.1) is 17.6 Å². The number of fused-ring (bicyclic) bond motifs is 1. The number of rotatable bonds is 2. The smallest absolute Gasteiger partial charge is 0.223 e. The number of hydrogen-bond acceptors (Lipinski definition) is 5. The van der Waals surface area contributed by atoms with Crippen LogP contribution >= 0.6 is 40.2 Å². The van der Waals surface area contributed by atoms with Gasteiger partial charge < -0.3 is 10.3 Å². The molecule has 3 aromatic heterocycles. The Morgan fingerprint density at radius 1 is 1.29 bits per heavy atom. The predicted molar refractivity (Wildman–Crippen MR) is 106 cm³/mol. The van der Waals surface area contributed by atoms with Crippen LogP contribution < -0.4 is 5.73 Å². The highest BCUT2D eigenvalue weighted by Crippen LogP contribution is 2.30. The lowest BCUT2D eigenvalue weighted by atomic mass is 10.1. The Hall–Kier alpha value is -1.31. The lowest BCUT2D eigenvalue weighted by Gasteiger charge is -2.10. The number of thiol groups is 1. The Balaban J connectivity index is 0.00000100. The van der Waals surface area contributed by atoms with Gasteiger partial charge in [0.1, 0.15) is 10.8 Å². The van der Waals surface area contributed by atoms with Crippen LogP contribution in [0.5, 0.6) is 0 Å². The largest absolute Gasteiger partial charge is 0.368 e. The first kappa shape index (κ1) is 19.0. The Morgan fingerprint density at radius 2 is 1.96 bits per heavy atom. The van der Waals surface area contributed by atoms with Crippen LogP contribution in [0.15, 0.2) is 21.8 Å². The van der Waals surface area contributed by atoms with E-state index in [1.807, 2.05) is 44.7 Å². The number of pyridine rings is 1. The first-order valence-corrected chi connectivity index (χ1v) is 9.11. The second kappa shape index (κ2) is 7.72. The topological polar surface area (TPSA) is 69.6 Å². The molecule has 8 heteroatoms. The minimum Gasteiger partial charge on any atom is -0.368 e. The average Bonchev–Trinajstić information content (AvgIpc) is 2.86. The van der Waals surface area contributed by atoms with Crippen molar-refractivity contribution in [2.45, 2.75) is 39.1 Å². The van der Waals surface area contributed by atoms with E-state index >= 15 is 0 Å². The number of aryl methyl sites for hydroxylation is 1. The van der Waals surface area contributed by atoms with E-state index in [0.717, 1.165) is 21.3 Å². The lowest BCUT2D eigenvalue weighted by Crippen LogP contribution is -2.06. The molecule has 0 amide bonds. The zero-order chi connectivity index (χ0) is 18.0. The lowest BCUT2D eigenvalue weighted by molar-refractivity contribution is 0.782. The van der Waals surface area contributed by atoms with Crippen molar-refractivity contribution in [1.82, 2.24) is 19.5 Å². The summed E-state index contributed by atoms with van der Waals surface area (Å²) >= 11 is 14.2. The number of aromatic nitrogens is 4. The number of halogens is 2. The molecule has 0 spiro atoms. The SMILES string of the molecule is CC.Cc1cnc(Cn2cc(S)c3c(Cl)nc(N)nc32)c(C)c1Br. The van der Waals surface area contributed by atoms with Gasteiger partial charge in [-0.1, -0.05) is 41.4 Å². The molecule has 24 heavy (non-hydrogen) atoms. The Labute approximate surface area is 160 Å². The molecule has 0 aliphatic rings. The van der Waals surface area contributed by atoms with Gasteiger partial charge in [0.2, 0.25) is 5.95 Å². The first-order chi connectivity index (χ1) is 11.4. The molecule has 0 aliphatic carbocycles. The minimum absolute atomic E-state index is 0.139. The third-order valence-electron chi connectivity index (χ3n) is 3.51. The van der Waals surface area contributed by atoms with Crippen molar-refractivity contribution < 1.29 is 0 Å². The number of nitrogens with two attached hydrogens (primary N) is 1. The summed E-state index contributed by atoms with van der Waals surface area (Å²) in [6, 6.07) is 0. The molecular formula is C16H19BrClN5S. The molecule has 5 nitrogen and oxygen atoms in total. The van der Waals surface area contributed by atoms with E-state index in [-0.39, 0.29) is 5.95 Å². The van der Waals surface area contributed by atoms with Crippen molar-refractivity contribution in [2.24, 2.45) is 0 Å². The highest BCUT2D eigenvalue weighted by Gasteiger charge is 2.15. The predicted octanol–water partition coefficient (Wildman–Crippen LogP) is 4.80. The number of nitrogen functional groups attached to an aromatic ring is 1. The molecule has 0 aromatic carbocycles. The Morgan fingerprint density at radius 3 is 2.62 bits per heavy atom. The summed E-state index contributed by atoms with van der Waals surface area (Å²) in [4.78, 5) is 13.5. The summed E-state index contributed by atoms with van der Waals surface area (Å²) in [5.41, 5.74) is 9.49. The number of nitrogens with zero attached hydrogens (tertiary/aromatic N) is 4. The fourth-order valence-corrected chi connectivity index (χ4v) is 3.35. The first-order valence-electron chi connectivity index (χ1n) is 7.50. The van der Waals surface area contributed by atoms with Crippen molar-refractivity contribution >= 4 is 57.1 Å². The fourth-order valence-electron chi connectivity index (χ4n) is 2.33. The molecule has 0 atom stereocenters. The summed E-state index contributed by atoms with van der Waals surface area (Å²) in [6.45, 7) is 8.59. The van der Waals surface area contributed by atoms with E-state index < -0.39 is 0 Å². The maximum absolute atomic E-state index is 6.14. The zero-order valence-corrected chi connectivity index (χ0v) is 17.2. The van der Waals surface area contributed by atoms with Gasteiger partial charge in [0, 0.05) is 21.8 Å². The highest BCUT2D eigenvalue weighted by atomic mass is 79.9. The standard InChI is InChI=1S/C14H13BrClN5S.C2H6/c1-6-3-18-8(7(2)11(6)15)4-21-5-9(22)10-12(16)19-14(17)20-13(10)21;1-2/h3,5,22H,4H2,1-2H3,(H2,17,19,20);1-2H3. The van der Waals surface area contributed by atoms with Crippen molar-refractivity contribution in [3.05, 3.63) is 38.8 Å².